The Kier molecular flexibility index (Phi) is 2.80. The van der Waals surface area contributed by atoms with Crippen LogP contribution >= 0.6 is 24.0 Å². The molecule has 3 rings (SSSR count). The van der Waals surface area contributed by atoms with Gasteiger partial charge in [-0.1, -0.05) is 24.4 Å². The highest BCUT2D eigenvalue weighted by Gasteiger charge is 2.34. The molecule has 5 heteroatoms. The van der Waals surface area contributed by atoms with Crippen molar-refractivity contribution in [3.05, 3.63) is 29.8 Å². The molecule has 1 aromatic carbocycles. The number of nitrogens with one attached hydrogen (secondary N) is 1. The highest BCUT2D eigenvalue weighted by molar-refractivity contribution is 7.99. The van der Waals surface area contributed by atoms with E-state index in [0.29, 0.717) is 6.04 Å². The number of amidine groups is 1. The van der Waals surface area contributed by atoms with Crippen LogP contribution in [-0.2, 0) is 0 Å². The molecule has 0 aliphatic carbocycles. The van der Waals surface area contributed by atoms with Crippen molar-refractivity contribution in [2.24, 2.45) is 4.99 Å². The van der Waals surface area contributed by atoms with Gasteiger partial charge >= 0.3 is 0 Å². The van der Waals surface area contributed by atoms with Crippen LogP contribution in [0.1, 0.15) is 5.56 Å². The van der Waals surface area contributed by atoms with Crippen molar-refractivity contribution in [1.82, 2.24) is 4.90 Å². The SMILES string of the molecule is CN=C1Nc2ccccc2C(=S)N2CSC[C@@H]12. The van der Waals surface area contributed by atoms with E-state index in [9.17, 15) is 0 Å². The number of anilines is 1. The Balaban J connectivity index is 2.13. The quantitative estimate of drug-likeness (QED) is 0.726. The predicted octanol–water partition coefficient (Wildman–Crippen LogP) is 2.19. The van der Waals surface area contributed by atoms with Gasteiger partial charge in [-0.25, -0.2) is 0 Å². The van der Waals surface area contributed by atoms with Crippen molar-refractivity contribution in [3.8, 4) is 0 Å². The van der Waals surface area contributed by atoms with Crippen LogP contribution in [0.4, 0.5) is 5.69 Å². The summed E-state index contributed by atoms with van der Waals surface area (Å²) in [4.78, 5) is 7.57. The average Bonchev–Trinajstić information content (AvgIpc) is 2.81. The molecule has 17 heavy (non-hydrogen) atoms. The number of fused-ring (bicyclic) bond motifs is 2. The molecule has 1 fully saturated rings. The summed E-state index contributed by atoms with van der Waals surface area (Å²) in [5, 5.41) is 3.42. The van der Waals surface area contributed by atoms with Crippen LogP contribution in [0, 0.1) is 0 Å². The summed E-state index contributed by atoms with van der Waals surface area (Å²) < 4.78 is 0. The first kappa shape index (κ1) is 11.0. The van der Waals surface area contributed by atoms with E-state index in [1.165, 1.54) is 0 Å². The van der Waals surface area contributed by atoms with Crippen LogP contribution in [-0.4, -0.2) is 40.4 Å². The lowest BCUT2D eigenvalue weighted by atomic mass is 10.2. The average molecular weight is 263 g/mol. The molecule has 0 radical (unpaired) electrons. The minimum atomic E-state index is 0.296. The number of rotatable bonds is 0. The van der Waals surface area contributed by atoms with Crippen LogP contribution in [0.3, 0.4) is 0 Å². The van der Waals surface area contributed by atoms with Gasteiger partial charge in [0.15, 0.2) is 0 Å². The Hall–Kier alpha value is -1.07. The Labute approximate surface area is 110 Å². The van der Waals surface area contributed by atoms with Gasteiger partial charge < -0.3 is 10.2 Å². The summed E-state index contributed by atoms with van der Waals surface area (Å²) in [6.07, 6.45) is 0. The zero-order valence-electron chi connectivity index (χ0n) is 9.51. The van der Waals surface area contributed by atoms with Crippen LogP contribution < -0.4 is 5.32 Å². The molecule has 3 nitrogen and oxygen atoms in total. The Bertz CT molecular complexity index is 498. The summed E-state index contributed by atoms with van der Waals surface area (Å²) in [7, 11) is 1.83. The third kappa shape index (κ3) is 1.73. The molecule has 1 saturated heterocycles. The zero-order chi connectivity index (χ0) is 11.8. The van der Waals surface area contributed by atoms with Gasteiger partial charge in [0.25, 0.3) is 0 Å². The third-order valence-electron chi connectivity index (χ3n) is 3.12. The number of hydrogen-bond acceptors (Lipinski definition) is 3. The van der Waals surface area contributed by atoms with E-state index in [1.807, 2.05) is 30.9 Å². The van der Waals surface area contributed by atoms with Crippen molar-refractivity contribution in [3.63, 3.8) is 0 Å². The number of hydrogen-bond donors (Lipinski definition) is 1. The molecule has 1 aromatic rings. The summed E-state index contributed by atoms with van der Waals surface area (Å²) >= 11 is 7.51. The van der Waals surface area contributed by atoms with E-state index in [0.717, 1.165) is 33.7 Å². The van der Waals surface area contributed by atoms with Gasteiger partial charge in [-0.2, -0.15) is 0 Å². The Morgan fingerprint density at radius 1 is 1.47 bits per heavy atom. The molecule has 0 spiro atoms. The number of thioether (sulfide) groups is 1. The first-order chi connectivity index (χ1) is 8.31. The van der Waals surface area contributed by atoms with Crippen LogP contribution in [0.2, 0.25) is 0 Å². The number of thiocarbonyl (C=S) groups is 1. The molecule has 0 amide bonds. The molecule has 0 aromatic heterocycles. The number of aliphatic imine (C=N–C) groups is 1. The van der Waals surface area contributed by atoms with Gasteiger partial charge in [0.2, 0.25) is 0 Å². The van der Waals surface area contributed by atoms with E-state index < -0.39 is 0 Å². The molecular formula is C12H13N3S2. The molecular weight excluding hydrogens is 250 g/mol. The standard InChI is InChI=1S/C12H13N3S2/c1-13-11-10-6-17-7-15(10)12(16)8-4-2-3-5-9(8)14-11/h2-5,10H,6-7H2,1H3,(H,13,14)/t10-/m0/s1. The molecule has 2 aliphatic rings. The fraction of sp³-hybridized carbons (Fsp3) is 0.333. The molecule has 0 bridgehead atoms. The van der Waals surface area contributed by atoms with Crippen LogP contribution in [0.15, 0.2) is 29.3 Å². The Morgan fingerprint density at radius 2 is 2.29 bits per heavy atom. The minimum Gasteiger partial charge on any atom is -0.342 e. The van der Waals surface area contributed by atoms with Crippen molar-refractivity contribution in [2.45, 2.75) is 6.04 Å². The normalized spacial score (nSPS) is 25.2. The van der Waals surface area contributed by atoms with E-state index in [4.69, 9.17) is 12.2 Å². The largest absolute Gasteiger partial charge is 0.342 e. The zero-order valence-corrected chi connectivity index (χ0v) is 11.1. The lowest BCUT2D eigenvalue weighted by molar-refractivity contribution is 0.495. The second-order valence-corrected chi connectivity index (χ2v) is 5.46. The van der Waals surface area contributed by atoms with E-state index in [2.05, 4.69) is 27.3 Å². The Morgan fingerprint density at radius 3 is 3.12 bits per heavy atom. The maximum Gasteiger partial charge on any atom is 0.124 e. The summed E-state index contributed by atoms with van der Waals surface area (Å²) in [6, 6.07) is 8.47. The van der Waals surface area contributed by atoms with Gasteiger partial charge in [0.1, 0.15) is 10.8 Å². The third-order valence-corrected chi connectivity index (χ3v) is 4.59. The molecule has 1 atom stereocenters. The van der Waals surface area contributed by atoms with Crippen molar-refractivity contribution in [2.75, 3.05) is 24.0 Å². The topological polar surface area (TPSA) is 27.6 Å². The lowest BCUT2D eigenvalue weighted by Gasteiger charge is -2.23. The number of para-hydroxylation sites is 1. The van der Waals surface area contributed by atoms with Gasteiger partial charge in [-0.3, -0.25) is 4.99 Å². The maximum absolute atomic E-state index is 5.60. The van der Waals surface area contributed by atoms with E-state index >= 15 is 0 Å². The second kappa shape index (κ2) is 4.31. The lowest BCUT2D eigenvalue weighted by Crippen LogP contribution is -2.41. The molecule has 0 saturated carbocycles. The monoisotopic (exact) mass is 263 g/mol. The van der Waals surface area contributed by atoms with Gasteiger partial charge in [-0.05, 0) is 12.1 Å². The van der Waals surface area contributed by atoms with Crippen molar-refractivity contribution >= 4 is 40.5 Å². The number of nitrogens with zero attached hydrogens (tertiary/aromatic N) is 2. The van der Waals surface area contributed by atoms with Crippen LogP contribution in [0.5, 0.6) is 0 Å². The van der Waals surface area contributed by atoms with Crippen LogP contribution in [0.25, 0.3) is 0 Å². The molecule has 0 unspecified atom stereocenters. The van der Waals surface area contributed by atoms with E-state index in [1.54, 1.807) is 0 Å². The van der Waals surface area contributed by atoms with Crippen molar-refractivity contribution in [1.29, 1.82) is 0 Å². The first-order valence-corrected chi connectivity index (χ1v) is 7.09. The van der Waals surface area contributed by atoms with Gasteiger partial charge in [-0.15, -0.1) is 11.8 Å². The molecule has 2 heterocycles. The highest BCUT2D eigenvalue weighted by Crippen LogP contribution is 2.30. The predicted molar refractivity (Wildman–Crippen MR) is 78.1 cm³/mol. The molecule has 1 N–H and O–H groups in total. The van der Waals surface area contributed by atoms with Crippen molar-refractivity contribution < 1.29 is 0 Å². The first-order valence-electron chi connectivity index (χ1n) is 5.52. The minimum absolute atomic E-state index is 0.296. The smallest absolute Gasteiger partial charge is 0.124 e. The summed E-state index contributed by atoms with van der Waals surface area (Å²) in [6.45, 7) is 0. The van der Waals surface area contributed by atoms with E-state index in [-0.39, 0.29) is 0 Å². The summed E-state index contributed by atoms with van der Waals surface area (Å²) in [5.41, 5.74) is 2.17. The summed E-state index contributed by atoms with van der Waals surface area (Å²) in [5.74, 6) is 3.02. The number of benzene rings is 1. The van der Waals surface area contributed by atoms with Gasteiger partial charge in [0, 0.05) is 24.1 Å². The second-order valence-electron chi connectivity index (χ2n) is 4.07. The maximum atomic E-state index is 5.60. The molecule has 2 aliphatic heterocycles. The highest BCUT2D eigenvalue weighted by atomic mass is 32.2. The van der Waals surface area contributed by atoms with Gasteiger partial charge in [0.05, 0.1) is 11.9 Å². The fourth-order valence-electron chi connectivity index (χ4n) is 2.23. The molecule has 88 valence electrons. The fourth-order valence-corrected chi connectivity index (χ4v) is 3.85.